The summed E-state index contributed by atoms with van der Waals surface area (Å²) in [5, 5.41) is 7.87. The maximum absolute atomic E-state index is 12.1. The molecule has 0 bridgehead atoms. The van der Waals surface area contributed by atoms with Gasteiger partial charge in [-0.3, -0.25) is 4.79 Å². The van der Waals surface area contributed by atoms with Crippen LogP contribution in [0.5, 0.6) is 5.75 Å². The Kier molecular flexibility index (Phi) is 4.93. The fraction of sp³-hybridized carbons (Fsp3) is 0.227. The van der Waals surface area contributed by atoms with Gasteiger partial charge in [-0.25, -0.2) is 9.97 Å². The van der Waals surface area contributed by atoms with E-state index in [9.17, 15) is 4.79 Å². The van der Waals surface area contributed by atoms with E-state index >= 15 is 0 Å². The van der Waals surface area contributed by atoms with Crippen molar-refractivity contribution < 1.29 is 9.53 Å². The van der Waals surface area contributed by atoms with Crippen LogP contribution in [0.1, 0.15) is 24.0 Å². The Morgan fingerprint density at radius 3 is 2.64 bits per heavy atom. The highest BCUT2D eigenvalue weighted by atomic mass is 16.5. The number of para-hydroxylation sites is 1. The molecule has 3 aromatic rings. The third-order valence-corrected chi connectivity index (χ3v) is 4.82. The van der Waals surface area contributed by atoms with E-state index in [0.717, 1.165) is 46.3 Å². The van der Waals surface area contributed by atoms with Gasteiger partial charge in [0.15, 0.2) is 0 Å². The number of fused-ring (bicyclic) bond motifs is 1. The summed E-state index contributed by atoms with van der Waals surface area (Å²) in [6, 6.07) is 9.73. The van der Waals surface area contributed by atoms with E-state index < -0.39 is 0 Å². The van der Waals surface area contributed by atoms with Crippen molar-refractivity contribution in [3.63, 3.8) is 0 Å². The summed E-state index contributed by atoms with van der Waals surface area (Å²) < 4.78 is 5.41. The first-order valence-electron chi connectivity index (χ1n) is 9.28. The molecule has 1 saturated carbocycles. The maximum atomic E-state index is 12.1. The first-order valence-corrected chi connectivity index (χ1v) is 9.28. The summed E-state index contributed by atoms with van der Waals surface area (Å²) in [5.74, 6) is 2.29. The van der Waals surface area contributed by atoms with Crippen molar-refractivity contribution >= 4 is 40.5 Å². The standard InChI is InChI=1S/C22H22N4O2/c1-23-21-18-13-24-20(26-22(27)15-8-9-15)11-17(18)16(12-25-21)10-7-14-5-3-4-6-19(14)28-2/h3-7,10-13,15H,8-9H2,1-2H3,(H,23,25)(H,24,26,27)/b10-7-. The molecule has 2 aromatic heterocycles. The van der Waals surface area contributed by atoms with Crippen molar-refractivity contribution in [3.8, 4) is 5.75 Å². The zero-order valence-corrected chi connectivity index (χ0v) is 15.9. The van der Waals surface area contributed by atoms with Crippen LogP contribution < -0.4 is 15.4 Å². The second-order valence-electron chi connectivity index (χ2n) is 6.77. The first-order chi connectivity index (χ1) is 13.7. The van der Waals surface area contributed by atoms with Crippen LogP contribution in [0, 0.1) is 5.92 Å². The van der Waals surface area contributed by atoms with Crippen molar-refractivity contribution in [1.29, 1.82) is 0 Å². The van der Waals surface area contributed by atoms with Gasteiger partial charge in [0.25, 0.3) is 0 Å². The topological polar surface area (TPSA) is 76.1 Å². The average Bonchev–Trinajstić information content (AvgIpc) is 3.57. The van der Waals surface area contributed by atoms with Gasteiger partial charge in [-0.2, -0.15) is 0 Å². The molecule has 142 valence electrons. The summed E-state index contributed by atoms with van der Waals surface area (Å²) in [7, 11) is 3.49. The number of methoxy groups -OCH3 is 1. The van der Waals surface area contributed by atoms with Gasteiger partial charge in [-0.05, 0) is 30.4 Å². The average molecular weight is 374 g/mol. The number of benzene rings is 1. The maximum Gasteiger partial charge on any atom is 0.228 e. The minimum Gasteiger partial charge on any atom is -0.496 e. The molecule has 4 rings (SSSR count). The number of aromatic nitrogens is 2. The van der Waals surface area contributed by atoms with Gasteiger partial charge < -0.3 is 15.4 Å². The van der Waals surface area contributed by atoms with Crippen LogP contribution in [-0.2, 0) is 4.79 Å². The van der Waals surface area contributed by atoms with E-state index in [1.54, 1.807) is 13.3 Å². The molecule has 0 saturated heterocycles. The first kappa shape index (κ1) is 18.0. The van der Waals surface area contributed by atoms with E-state index in [4.69, 9.17) is 4.74 Å². The predicted octanol–water partition coefficient (Wildman–Crippen LogP) is 4.20. The van der Waals surface area contributed by atoms with Crippen LogP contribution >= 0.6 is 0 Å². The largest absolute Gasteiger partial charge is 0.496 e. The van der Waals surface area contributed by atoms with Gasteiger partial charge in [0.2, 0.25) is 5.91 Å². The molecule has 0 aliphatic heterocycles. The van der Waals surface area contributed by atoms with Gasteiger partial charge >= 0.3 is 0 Å². The molecule has 1 amide bonds. The summed E-state index contributed by atoms with van der Waals surface area (Å²) in [6.45, 7) is 0. The van der Waals surface area contributed by atoms with Crippen molar-refractivity contribution in [2.45, 2.75) is 12.8 Å². The number of nitrogens with zero attached hydrogens (tertiary/aromatic N) is 2. The molecule has 2 N–H and O–H groups in total. The minimum absolute atomic E-state index is 0.0425. The van der Waals surface area contributed by atoms with Gasteiger partial charge in [-0.15, -0.1) is 0 Å². The second kappa shape index (κ2) is 7.68. The van der Waals surface area contributed by atoms with Gasteiger partial charge in [0.1, 0.15) is 17.4 Å². The molecule has 1 aromatic carbocycles. The minimum atomic E-state index is 0.0425. The number of carbonyl (C=O) groups excluding carboxylic acids is 1. The van der Waals surface area contributed by atoms with Crippen molar-refractivity contribution in [1.82, 2.24) is 9.97 Å². The third kappa shape index (κ3) is 3.67. The van der Waals surface area contributed by atoms with Crippen LogP contribution in [0.2, 0.25) is 0 Å². The number of amides is 1. The Morgan fingerprint density at radius 1 is 1.11 bits per heavy atom. The molecule has 0 atom stereocenters. The van der Waals surface area contributed by atoms with Gasteiger partial charge in [0, 0.05) is 41.9 Å². The van der Waals surface area contributed by atoms with Crippen molar-refractivity contribution in [3.05, 3.63) is 53.9 Å². The lowest BCUT2D eigenvalue weighted by Crippen LogP contribution is -2.14. The molecule has 0 unspecified atom stereocenters. The van der Waals surface area contributed by atoms with Crippen LogP contribution in [0.3, 0.4) is 0 Å². The normalized spacial score (nSPS) is 13.6. The lowest BCUT2D eigenvalue weighted by molar-refractivity contribution is -0.117. The number of ether oxygens (including phenoxy) is 1. The van der Waals surface area contributed by atoms with Crippen LogP contribution in [0.4, 0.5) is 11.6 Å². The zero-order valence-electron chi connectivity index (χ0n) is 15.9. The van der Waals surface area contributed by atoms with E-state index in [1.165, 1.54) is 0 Å². The number of rotatable bonds is 6. The smallest absolute Gasteiger partial charge is 0.228 e. The molecule has 0 spiro atoms. The van der Waals surface area contributed by atoms with E-state index in [0.29, 0.717) is 5.82 Å². The third-order valence-electron chi connectivity index (χ3n) is 4.82. The Morgan fingerprint density at radius 2 is 1.89 bits per heavy atom. The van der Waals surface area contributed by atoms with Crippen LogP contribution in [0.15, 0.2) is 42.7 Å². The summed E-state index contributed by atoms with van der Waals surface area (Å²) in [4.78, 5) is 21.0. The Balaban J connectivity index is 1.73. The lowest BCUT2D eigenvalue weighted by atomic mass is 10.1. The highest BCUT2D eigenvalue weighted by molar-refractivity contribution is 6.01. The monoisotopic (exact) mass is 374 g/mol. The van der Waals surface area contributed by atoms with Crippen LogP contribution in [-0.4, -0.2) is 30.0 Å². The molecule has 6 heteroatoms. The highest BCUT2D eigenvalue weighted by Gasteiger charge is 2.29. The molecule has 0 radical (unpaired) electrons. The van der Waals surface area contributed by atoms with Crippen molar-refractivity contribution in [2.24, 2.45) is 5.92 Å². The van der Waals surface area contributed by atoms with E-state index in [1.807, 2.05) is 55.7 Å². The Bertz CT molecular complexity index is 1060. The quantitative estimate of drug-likeness (QED) is 0.676. The molecule has 28 heavy (non-hydrogen) atoms. The number of hydrogen-bond acceptors (Lipinski definition) is 5. The molecule has 1 fully saturated rings. The van der Waals surface area contributed by atoms with Crippen molar-refractivity contribution in [2.75, 3.05) is 24.8 Å². The fourth-order valence-corrected chi connectivity index (χ4v) is 3.11. The van der Waals surface area contributed by atoms with Gasteiger partial charge in [-0.1, -0.05) is 30.4 Å². The summed E-state index contributed by atoms with van der Waals surface area (Å²) in [6.07, 6.45) is 9.47. The molecule has 2 heterocycles. The molecular formula is C22H22N4O2. The van der Waals surface area contributed by atoms with E-state index in [2.05, 4.69) is 20.6 Å². The molecule has 6 nitrogen and oxygen atoms in total. The Hall–Kier alpha value is -3.41. The number of hydrogen-bond donors (Lipinski definition) is 2. The second-order valence-corrected chi connectivity index (χ2v) is 6.77. The predicted molar refractivity (Wildman–Crippen MR) is 112 cm³/mol. The van der Waals surface area contributed by atoms with Crippen LogP contribution in [0.25, 0.3) is 22.9 Å². The molecular weight excluding hydrogens is 352 g/mol. The Labute approximate surface area is 163 Å². The number of carbonyl (C=O) groups is 1. The zero-order chi connectivity index (χ0) is 19.5. The number of nitrogens with one attached hydrogen (secondary N) is 2. The lowest BCUT2D eigenvalue weighted by Gasteiger charge is -2.10. The highest BCUT2D eigenvalue weighted by Crippen LogP contribution is 2.31. The number of pyridine rings is 2. The summed E-state index contributed by atoms with van der Waals surface area (Å²) >= 11 is 0. The summed E-state index contributed by atoms with van der Waals surface area (Å²) in [5.41, 5.74) is 1.91. The SMILES string of the molecule is CNc1ncc(/C=C\c2ccccc2OC)c2cc(NC(=O)C3CC3)ncc12. The van der Waals surface area contributed by atoms with Gasteiger partial charge in [0.05, 0.1) is 7.11 Å². The molecule has 1 aliphatic carbocycles. The number of anilines is 2. The fourth-order valence-electron chi connectivity index (χ4n) is 3.11. The molecule has 1 aliphatic rings. The van der Waals surface area contributed by atoms with E-state index in [-0.39, 0.29) is 11.8 Å².